The molecule has 1 rings (SSSR count). The number of rotatable bonds is 5. The Labute approximate surface area is 110 Å². The van der Waals surface area contributed by atoms with Crippen LogP contribution in [0.25, 0.3) is 0 Å². The molecule has 0 unspecified atom stereocenters. The summed E-state index contributed by atoms with van der Waals surface area (Å²) in [5.74, 6) is 0. The summed E-state index contributed by atoms with van der Waals surface area (Å²) in [4.78, 5) is 0. The van der Waals surface area contributed by atoms with Gasteiger partial charge in [0.05, 0.1) is 6.10 Å². The number of methoxy groups -OCH3 is 4. The van der Waals surface area contributed by atoms with E-state index in [1.807, 2.05) is 0 Å². The van der Waals surface area contributed by atoms with Crippen LogP contribution >= 0.6 is 22.6 Å². The van der Waals surface area contributed by atoms with Crippen molar-refractivity contribution >= 4 is 22.6 Å². The molecule has 1 saturated heterocycles. The lowest BCUT2D eigenvalue weighted by atomic mass is 9.99. The molecular weight excluding hydrogens is 327 g/mol. The van der Waals surface area contributed by atoms with Gasteiger partial charge >= 0.3 is 0 Å². The second-order valence-corrected chi connectivity index (χ2v) is 4.41. The number of alkyl halides is 1. The van der Waals surface area contributed by atoms with Crippen molar-refractivity contribution in [3.05, 3.63) is 0 Å². The van der Waals surface area contributed by atoms with Gasteiger partial charge in [-0.15, -0.1) is 0 Å². The van der Waals surface area contributed by atoms with Gasteiger partial charge in [-0.2, -0.15) is 0 Å². The van der Waals surface area contributed by atoms with E-state index in [-0.39, 0.29) is 24.4 Å². The first-order chi connectivity index (χ1) is 7.73. The molecular formula is C10H19IO5. The highest BCUT2D eigenvalue weighted by Gasteiger charge is 2.46. The van der Waals surface area contributed by atoms with Crippen LogP contribution in [0, 0.1) is 0 Å². The van der Waals surface area contributed by atoms with Gasteiger partial charge in [0, 0.05) is 32.9 Å². The molecule has 0 aromatic carbocycles. The molecule has 0 N–H and O–H groups in total. The van der Waals surface area contributed by atoms with Gasteiger partial charge in [-0.3, -0.25) is 0 Å². The summed E-state index contributed by atoms with van der Waals surface area (Å²) in [5, 5.41) is 0. The molecule has 0 aromatic heterocycles. The molecule has 0 saturated carbocycles. The largest absolute Gasteiger partial charge is 0.376 e. The van der Waals surface area contributed by atoms with Gasteiger partial charge in [-0.25, -0.2) is 0 Å². The van der Waals surface area contributed by atoms with Crippen molar-refractivity contribution < 1.29 is 23.7 Å². The maximum absolute atomic E-state index is 5.76. The third kappa shape index (κ3) is 2.85. The highest BCUT2D eigenvalue weighted by molar-refractivity contribution is 14.1. The summed E-state index contributed by atoms with van der Waals surface area (Å²) >= 11 is 2.26. The Balaban J connectivity index is 2.85. The molecule has 1 fully saturated rings. The molecule has 96 valence electrons. The van der Waals surface area contributed by atoms with Crippen molar-refractivity contribution in [2.24, 2.45) is 0 Å². The first-order valence-corrected chi connectivity index (χ1v) is 6.58. The van der Waals surface area contributed by atoms with E-state index in [0.717, 1.165) is 4.43 Å². The van der Waals surface area contributed by atoms with E-state index in [0.29, 0.717) is 0 Å². The molecule has 0 spiro atoms. The van der Waals surface area contributed by atoms with Crippen LogP contribution < -0.4 is 0 Å². The van der Waals surface area contributed by atoms with E-state index < -0.39 is 6.29 Å². The van der Waals surface area contributed by atoms with Crippen LogP contribution in [0.4, 0.5) is 0 Å². The molecule has 5 atom stereocenters. The molecule has 0 bridgehead atoms. The highest BCUT2D eigenvalue weighted by Crippen LogP contribution is 2.28. The zero-order valence-corrected chi connectivity index (χ0v) is 12.2. The van der Waals surface area contributed by atoms with Crippen molar-refractivity contribution in [2.75, 3.05) is 32.9 Å². The standard InChI is InChI=1S/C10H19IO5/c1-12-7-6(5-11)16-10(15-4)9(14-3)8(7)13-2/h6-10H,5H2,1-4H3/t6-,7+,8+,9-,10-/m1/s1. The molecule has 0 aliphatic carbocycles. The summed E-state index contributed by atoms with van der Waals surface area (Å²) in [7, 11) is 6.51. The minimum absolute atomic E-state index is 0.0492. The summed E-state index contributed by atoms with van der Waals surface area (Å²) in [6, 6.07) is 0. The molecule has 6 heteroatoms. The Morgan fingerprint density at radius 1 is 0.875 bits per heavy atom. The fourth-order valence-corrected chi connectivity index (χ4v) is 2.70. The minimum atomic E-state index is -0.416. The Bertz CT molecular complexity index is 186. The topological polar surface area (TPSA) is 46.2 Å². The predicted molar refractivity (Wildman–Crippen MR) is 66.9 cm³/mol. The third-order valence-electron chi connectivity index (χ3n) is 2.79. The number of halogens is 1. The fraction of sp³-hybridized carbons (Fsp3) is 1.00. The monoisotopic (exact) mass is 346 g/mol. The molecule has 16 heavy (non-hydrogen) atoms. The van der Waals surface area contributed by atoms with Crippen LogP contribution in [0.5, 0.6) is 0 Å². The molecule has 0 radical (unpaired) electrons. The number of hydrogen-bond donors (Lipinski definition) is 0. The summed E-state index contributed by atoms with van der Waals surface area (Å²) < 4.78 is 28.1. The van der Waals surface area contributed by atoms with Crippen LogP contribution in [-0.4, -0.2) is 63.6 Å². The van der Waals surface area contributed by atoms with Crippen molar-refractivity contribution in [3.63, 3.8) is 0 Å². The van der Waals surface area contributed by atoms with Crippen LogP contribution in [0.15, 0.2) is 0 Å². The molecule has 1 heterocycles. The van der Waals surface area contributed by atoms with Crippen LogP contribution in [0.1, 0.15) is 0 Å². The van der Waals surface area contributed by atoms with Gasteiger partial charge in [0.25, 0.3) is 0 Å². The van der Waals surface area contributed by atoms with Gasteiger partial charge in [-0.1, -0.05) is 22.6 Å². The lowest BCUT2D eigenvalue weighted by Crippen LogP contribution is -2.60. The third-order valence-corrected chi connectivity index (χ3v) is 3.66. The van der Waals surface area contributed by atoms with Crippen molar-refractivity contribution in [2.45, 2.75) is 30.7 Å². The quantitative estimate of drug-likeness (QED) is 0.545. The number of ether oxygens (including phenoxy) is 5. The summed E-state index contributed by atoms with van der Waals surface area (Å²) in [6.07, 6.45) is -1.07. The zero-order chi connectivity index (χ0) is 12.1. The second kappa shape index (κ2) is 7.07. The first kappa shape index (κ1) is 14.6. The van der Waals surface area contributed by atoms with E-state index in [2.05, 4.69) is 22.6 Å². The molecule has 5 nitrogen and oxygen atoms in total. The van der Waals surface area contributed by atoms with Gasteiger partial charge in [0.15, 0.2) is 6.29 Å². The highest BCUT2D eigenvalue weighted by atomic mass is 127. The van der Waals surface area contributed by atoms with Gasteiger partial charge < -0.3 is 23.7 Å². The second-order valence-electron chi connectivity index (χ2n) is 3.53. The Hall–Kier alpha value is 0.530. The maximum atomic E-state index is 5.76. The first-order valence-electron chi connectivity index (χ1n) is 5.06. The number of hydrogen-bond acceptors (Lipinski definition) is 5. The van der Waals surface area contributed by atoms with Crippen LogP contribution in [0.3, 0.4) is 0 Å². The summed E-state index contributed by atoms with van der Waals surface area (Å²) in [5.41, 5.74) is 0. The van der Waals surface area contributed by atoms with Crippen LogP contribution in [-0.2, 0) is 23.7 Å². The Morgan fingerprint density at radius 2 is 1.44 bits per heavy atom. The lowest BCUT2D eigenvalue weighted by Gasteiger charge is -2.43. The zero-order valence-electron chi connectivity index (χ0n) is 10.0. The molecule has 0 amide bonds. The average Bonchev–Trinajstić information content (AvgIpc) is 2.35. The van der Waals surface area contributed by atoms with E-state index in [9.17, 15) is 0 Å². The lowest BCUT2D eigenvalue weighted by molar-refractivity contribution is -0.297. The maximum Gasteiger partial charge on any atom is 0.186 e. The van der Waals surface area contributed by atoms with Crippen LogP contribution in [0.2, 0.25) is 0 Å². The summed E-state index contributed by atoms with van der Waals surface area (Å²) in [6.45, 7) is 0. The van der Waals surface area contributed by atoms with Crippen molar-refractivity contribution in [1.29, 1.82) is 0 Å². The molecule has 1 aliphatic heterocycles. The molecule has 0 aromatic rings. The Morgan fingerprint density at radius 3 is 1.81 bits per heavy atom. The van der Waals surface area contributed by atoms with E-state index in [1.165, 1.54) is 0 Å². The van der Waals surface area contributed by atoms with E-state index in [1.54, 1.807) is 28.4 Å². The SMILES string of the molecule is CO[C@@H]1O[C@H](CI)[C@H](OC)[C@H](OC)[C@H]1OC. The fourth-order valence-electron chi connectivity index (χ4n) is 1.99. The van der Waals surface area contributed by atoms with Gasteiger partial charge in [0.2, 0.25) is 0 Å². The average molecular weight is 346 g/mol. The minimum Gasteiger partial charge on any atom is -0.376 e. The normalized spacial score (nSPS) is 39.9. The van der Waals surface area contributed by atoms with Gasteiger partial charge in [-0.05, 0) is 0 Å². The van der Waals surface area contributed by atoms with Crippen molar-refractivity contribution in [1.82, 2.24) is 0 Å². The van der Waals surface area contributed by atoms with E-state index in [4.69, 9.17) is 23.7 Å². The Kier molecular flexibility index (Phi) is 6.45. The molecule has 1 aliphatic rings. The predicted octanol–water partition coefficient (Wildman–Crippen LogP) is 0.838. The van der Waals surface area contributed by atoms with Gasteiger partial charge in [0.1, 0.15) is 18.3 Å². The smallest absolute Gasteiger partial charge is 0.186 e. The van der Waals surface area contributed by atoms with Crippen molar-refractivity contribution in [3.8, 4) is 0 Å². The van der Waals surface area contributed by atoms with E-state index >= 15 is 0 Å².